The lowest BCUT2D eigenvalue weighted by Crippen LogP contribution is -2.50. The van der Waals surface area contributed by atoms with Crippen LogP contribution in [0.3, 0.4) is 0 Å². The van der Waals surface area contributed by atoms with Gasteiger partial charge in [0, 0.05) is 23.4 Å². The molecule has 0 saturated heterocycles. The monoisotopic (exact) mass is 553 g/mol. The van der Waals surface area contributed by atoms with Gasteiger partial charge in [0.25, 0.3) is 5.91 Å². The van der Waals surface area contributed by atoms with Crippen molar-refractivity contribution < 1.29 is 35.5 Å². The number of hydrogen-bond donors (Lipinski definition) is 1. The van der Waals surface area contributed by atoms with Crippen molar-refractivity contribution in [3.63, 3.8) is 0 Å². The molecule has 0 radical (unpaired) electrons. The zero-order valence-corrected chi connectivity index (χ0v) is 19.7. The molecule has 1 saturated carbocycles. The van der Waals surface area contributed by atoms with Crippen LogP contribution in [0.2, 0.25) is 10.0 Å². The summed E-state index contributed by atoms with van der Waals surface area (Å²) in [6.45, 7) is 1.18. The van der Waals surface area contributed by atoms with Gasteiger partial charge in [-0.1, -0.05) is 29.3 Å². The van der Waals surface area contributed by atoms with Gasteiger partial charge in [0.05, 0.1) is 27.5 Å². The molecule has 3 aromatic rings. The number of nitrogens with zero attached hydrogens (tertiary/aromatic N) is 2. The second-order valence-electron chi connectivity index (χ2n) is 8.39. The summed E-state index contributed by atoms with van der Waals surface area (Å²) in [6, 6.07) is 5.48. The largest absolute Gasteiger partial charge is 0.435 e. The Bertz CT molecular complexity index is 1290. The van der Waals surface area contributed by atoms with E-state index in [1.807, 2.05) is 0 Å². The molecule has 0 aliphatic heterocycles. The van der Waals surface area contributed by atoms with Gasteiger partial charge in [-0.15, -0.1) is 0 Å². The average molecular weight is 554 g/mol. The lowest BCUT2D eigenvalue weighted by molar-refractivity contribution is -0.348. The van der Waals surface area contributed by atoms with E-state index < -0.39 is 28.6 Å². The van der Waals surface area contributed by atoms with Crippen molar-refractivity contribution >= 4 is 29.1 Å². The molecule has 0 bridgehead atoms. The summed E-state index contributed by atoms with van der Waals surface area (Å²) in [5.74, 6) is -0.352. The van der Waals surface area contributed by atoms with Crippen LogP contribution >= 0.6 is 23.2 Å². The molecule has 4 nitrogen and oxygen atoms in total. The third kappa shape index (κ3) is 4.66. The van der Waals surface area contributed by atoms with Crippen LogP contribution in [0.5, 0.6) is 0 Å². The van der Waals surface area contributed by atoms with Crippen molar-refractivity contribution in [2.75, 3.05) is 0 Å². The first-order valence-electron chi connectivity index (χ1n) is 10.4. The van der Waals surface area contributed by atoms with E-state index >= 15 is 0 Å². The summed E-state index contributed by atoms with van der Waals surface area (Å²) in [4.78, 5) is 12.4. The zero-order valence-electron chi connectivity index (χ0n) is 18.2. The summed E-state index contributed by atoms with van der Waals surface area (Å²) in [7, 11) is 0. The Morgan fingerprint density at radius 3 is 2.17 bits per heavy atom. The summed E-state index contributed by atoms with van der Waals surface area (Å²) in [5, 5.41) is 6.56. The molecule has 1 fully saturated rings. The van der Waals surface area contributed by atoms with Crippen LogP contribution in [-0.2, 0) is 5.67 Å². The summed E-state index contributed by atoms with van der Waals surface area (Å²) in [6.07, 6.45) is -8.00. The molecule has 0 atom stereocenters. The normalized spacial score (nSPS) is 14.7. The van der Waals surface area contributed by atoms with Gasteiger partial charge < -0.3 is 5.32 Å². The van der Waals surface area contributed by atoms with Crippen LogP contribution in [0, 0.1) is 6.92 Å². The molecule has 1 amide bonds. The highest BCUT2D eigenvalue weighted by Crippen LogP contribution is 2.54. The van der Waals surface area contributed by atoms with Gasteiger partial charge in [-0.25, -0.2) is 9.07 Å². The first-order chi connectivity index (χ1) is 16.6. The Balaban J connectivity index is 1.71. The molecule has 13 heteroatoms. The Labute approximate surface area is 210 Å². The summed E-state index contributed by atoms with van der Waals surface area (Å²) in [5.41, 5.74) is -6.31. The van der Waals surface area contributed by atoms with E-state index in [-0.39, 0.29) is 39.9 Å². The molecule has 1 aromatic heterocycles. The molecular weight excluding hydrogens is 538 g/mol. The quantitative estimate of drug-likeness (QED) is 0.336. The molecule has 2 aromatic carbocycles. The van der Waals surface area contributed by atoms with E-state index in [1.54, 1.807) is 6.07 Å². The summed E-state index contributed by atoms with van der Waals surface area (Å²) < 4.78 is 94.6. The van der Waals surface area contributed by atoms with Gasteiger partial charge in [0.15, 0.2) is 0 Å². The smallest absolute Gasteiger partial charge is 0.349 e. The fourth-order valence-electron chi connectivity index (χ4n) is 3.68. The van der Waals surface area contributed by atoms with Gasteiger partial charge in [-0.3, -0.25) is 4.79 Å². The van der Waals surface area contributed by atoms with Gasteiger partial charge in [0.1, 0.15) is 0 Å². The molecule has 0 spiro atoms. The van der Waals surface area contributed by atoms with Crippen molar-refractivity contribution in [3.05, 3.63) is 69.5 Å². The third-order valence-electron chi connectivity index (χ3n) is 5.70. The molecule has 1 aliphatic carbocycles. The van der Waals surface area contributed by atoms with E-state index in [4.69, 9.17) is 23.2 Å². The van der Waals surface area contributed by atoms with E-state index in [9.17, 15) is 35.5 Å². The van der Waals surface area contributed by atoms with Crippen LogP contribution in [0.4, 0.5) is 30.7 Å². The number of benzene rings is 2. The number of alkyl halides is 7. The van der Waals surface area contributed by atoms with Crippen molar-refractivity contribution in [1.82, 2.24) is 15.1 Å². The van der Waals surface area contributed by atoms with Crippen molar-refractivity contribution in [3.8, 4) is 16.8 Å². The van der Waals surface area contributed by atoms with E-state index in [2.05, 4.69) is 10.4 Å². The van der Waals surface area contributed by atoms with Crippen LogP contribution in [0.25, 0.3) is 16.8 Å². The van der Waals surface area contributed by atoms with Gasteiger partial charge in [-0.05, 0) is 55.2 Å². The first kappa shape index (κ1) is 26.3. The van der Waals surface area contributed by atoms with Crippen molar-refractivity contribution in [2.45, 2.75) is 43.8 Å². The number of aryl methyl sites for hydroxylation is 1. The minimum atomic E-state index is -6.26. The molecule has 36 heavy (non-hydrogen) atoms. The average Bonchev–Trinajstić information content (AvgIpc) is 3.44. The van der Waals surface area contributed by atoms with E-state index in [1.165, 1.54) is 31.5 Å². The van der Waals surface area contributed by atoms with E-state index in [0.717, 1.165) is 17.5 Å². The molecule has 192 valence electrons. The molecule has 4 rings (SSSR count). The van der Waals surface area contributed by atoms with Gasteiger partial charge in [0.2, 0.25) is 0 Å². The van der Waals surface area contributed by atoms with Gasteiger partial charge >= 0.3 is 18.0 Å². The number of nitrogens with one attached hydrogen (secondary N) is 1. The molecule has 0 unspecified atom stereocenters. The predicted molar refractivity (Wildman–Crippen MR) is 119 cm³/mol. The minimum absolute atomic E-state index is 0.0426. The number of carbonyl (C=O) groups is 1. The Morgan fingerprint density at radius 1 is 0.972 bits per heavy atom. The van der Waals surface area contributed by atoms with Crippen LogP contribution in [0.1, 0.15) is 34.3 Å². The van der Waals surface area contributed by atoms with Crippen LogP contribution < -0.4 is 5.32 Å². The third-order valence-corrected chi connectivity index (χ3v) is 6.32. The maximum atomic E-state index is 14.5. The molecule has 1 aliphatic rings. The lowest BCUT2D eigenvalue weighted by Gasteiger charge is -2.31. The fraction of sp³-hybridized carbons (Fsp3) is 0.304. The number of halogens is 9. The Kier molecular flexibility index (Phi) is 6.53. The number of hydrogen-bond acceptors (Lipinski definition) is 2. The SMILES string of the molecule is Cc1cc(C(F)(C(F)(F)F)C(F)(F)F)cc(Cl)c1-n1cc(-c2ccc(Cl)c(C(=O)NC3CC3)c2)cn1. The minimum Gasteiger partial charge on any atom is -0.349 e. The molecule has 1 N–H and O–H groups in total. The second kappa shape index (κ2) is 8.95. The van der Waals surface area contributed by atoms with Crippen LogP contribution in [-0.4, -0.2) is 34.1 Å². The maximum Gasteiger partial charge on any atom is 0.435 e. The number of rotatable bonds is 5. The Hall–Kier alpha value is -2.79. The number of amides is 1. The second-order valence-corrected chi connectivity index (χ2v) is 9.21. The van der Waals surface area contributed by atoms with Crippen molar-refractivity contribution in [1.29, 1.82) is 0 Å². The fourth-order valence-corrected chi connectivity index (χ4v) is 4.23. The molecule has 1 heterocycles. The lowest BCUT2D eigenvalue weighted by atomic mass is 9.92. The standard InChI is InChI=1S/C23H16Cl2F7N3O/c1-11-6-14(21(26,22(27,28)29)23(30,31)32)8-18(25)19(11)35-10-13(9-33-35)12-2-5-17(24)16(7-12)20(36)34-15-3-4-15/h2,5-10,15H,3-4H2,1H3,(H,34,36). The maximum absolute atomic E-state index is 14.5. The zero-order chi connectivity index (χ0) is 26.6. The van der Waals surface area contributed by atoms with Gasteiger partial charge in [-0.2, -0.15) is 31.4 Å². The molecular formula is C23H16Cl2F7N3O. The first-order valence-corrected chi connectivity index (χ1v) is 11.2. The highest BCUT2D eigenvalue weighted by molar-refractivity contribution is 6.34. The van der Waals surface area contributed by atoms with E-state index in [0.29, 0.717) is 17.2 Å². The highest BCUT2D eigenvalue weighted by atomic mass is 35.5. The number of aromatic nitrogens is 2. The summed E-state index contributed by atoms with van der Waals surface area (Å²) >= 11 is 12.2. The Morgan fingerprint density at radius 2 is 1.61 bits per heavy atom. The van der Waals surface area contributed by atoms with Crippen LogP contribution in [0.15, 0.2) is 42.7 Å². The number of carbonyl (C=O) groups excluding carboxylic acids is 1. The highest BCUT2D eigenvalue weighted by Gasteiger charge is 2.73. The van der Waals surface area contributed by atoms with Crippen molar-refractivity contribution in [2.24, 2.45) is 0 Å². The topological polar surface area (TPSA) is 46.9 Å². The predicted octanol–water partition coefficient (Wildman–Crippen LogP) is 7.34.